The van der Waals surface area contributed by atoms with Crippen molar-refractivity contribution < 1.29 is 9.90 Å². The van der Waals surface area contributed by atoms with Gasteiger partial charge in [0.25, 0.3) is 0 Å². The Morgan fingerprint density at radius 3 is 2.68 bits per heavy atom. The Labute approximate surface area is 134 Å². The van der Waals surface area contributed by atoms with Gasteiger partial charge < -0.3 is 5.11 Å². The van der Waals surface area contributed by atoms with Crippen molar-refractivity contribution in [3.8, 4) is 0 Å². The van der Waals surface area contributed by atoms with Crippen LogP contribution in [0.1, 0.15) is 59.8 Å². The van der Waals surface area contributed by atoms with Crippen molar-refractivity contribution in [1.82, 2.24) is 0 Å². The molecule has 3 aliphatic rings. The Morgan fingerprint density at radius 2 is 2.05 bits per heavy atom. The van der Waals surface area contributed by atoms with E-state index in [0.717, 1.165) is 32.1 Å². The maximum atomic E-state index is 12.4. The van der Waals surface area contributed by atoms with Crippen LogP contribution in [-0.4, -0.2) is 11.1 Å². The summed E-state index contributed by atoms with van der Waals surface area (Å²) in [5.74, 6) is 0.991. The predicted molar refractivity (Wildman–Crippen MR) is 89.5 cm³/mol. The van der Waals surface area contributed by atoms with Gasteiger partial charge in [-0.3, -0.25) is 4.79 Å². The minimum absolute atomic E-state index is 0.240. The average molecular weight is 302 g/mol. The van der Waals surface area contributed by atoms with Crippen molar-refractivity contribution in [2.24, 2.45) is 34.5 Å². The third kappa shape index (κ3) is 2.10. The van der Waals surface area contributed by atoms with Gasteiger partial charge in [-0.25, -0.2) is 0 Å². The first-order valence-corrected chi connectivity index (χ1v) is 8.89. The molecule has 2 saturated carbocycles. The fourth-order valence-electron chi connectivity index (χ4n) is 5.84. The maximum Gasteiger partial charge on any atom is 0.310 e. The van der Waals surface area contributed by atoms with Gasteiger partial charge >= 0.3 is 5.97 Å². The molecule has 0 bridgehead atoms. The van der Waals surface area contributed by atoms with E-state index in [-0.39, 0.29) is 5.41 Å². The molecule has 0 aromatic rings. The number of carboxylic acids is 1. The molecule has 0 aromatic carbocycles. The second kappa shape index (κ2) is 5.25. The number of carbonyl (C=O) groups is 1. The van der Waals surface area contributed by atoms with Crippen LogP contribution in [-0.2, 0) is 4.79 Å². The predicted octanol–water partition coefficient (Wildman–Crippen LogP) is 5.06. The SMILES string of the molecule is CC1=CCC2(C)CCC3(C(=O)O)C(C(C)C)CCC3C2C=C1. The Kier molecular flexibility index (Phi) is 3.78. The first-order valence-electron chi connectivity index (χ1n) is 8.89. The van der Waals surface area contributed by atoms with E-state index in [1.54, 1.807) is 0 Å². The summed E-state index contributed by atoms with van der Waals surface area (Å²) in [6.07, 6.45) is 12.1. The van der Waals surface area contributed by atoms with Gasteiger partial charge in [-0.05, 0) is 68.1 Å². The molecule has 0 radical (unpaired) electrons. The number of carboxylic acid groups (broad SMARTS) is 1. The topological polar surface area (TPSA) is 37.3 Å². The molecule has 3 rings (SSSR count). The normalized spacial score (nSPS) is 44.2. The highest BCUT2D eigenvalue weighted by molar-refractivity contribution is 5.76. The summed E-state index contributed by atoms with van der Waals surface area (Å²) in [6.45, 7) is 8.96. The molecule has 2 fully saturated rings. The second-order valence-corrected chi connectivity index (χ2v) is 8.57. The Hall–Kier alpha value is -1.05. The fourth-order valence-corrected chi connectivity index (χ4v) is 5.84. The van der Waals surface area contributed by atoms with Crippen LogP contribution in [0.2, 0.25) is 0 Å². The highest BCUT2D eigenvalue weighted by Gasteiger charge is 2.63. The molecule has 0 amide bonds. The first kappa shape index (κ1) is 15.8. The summed E-state index contributed by atoms with van der Waals surface area (Å²) in [7, 11) is 0. The standard InChI is InChI=1S/C20H30O2/c1-13(2)15-7-8-17-16-6-5-14(3)9-10-19(16,4)11-12-20(15,17)18(21)22/h5-6,9,13,15-17H,7-8,10-12H2,1-4H3,(H,21,22). The molecule has 5 unspecified atom stereocenters. The van der Waals surface area contributed by atoms with Crippen molar-refractivity contribution in [3.63, 3.8) is 0 Å². The van der Waals surface area contributed by atoms with E-state index < -0.39 is 11.4 Å². The second-order valence-electron chi connectivity index (χ2n) is 8.57. The van der Waals surface area contributed by atoms with E-state index in [2.05, 4.69) is 45.9 Å². The van der Waals surface area contributed by atoms with Gasteiger partial charge in [-0.15, -0.1) is 0 Å². The fraction of sp³-hybridized carbons (Fsp3) is 0.750. The number of hydrogen-bond donors (Lipinski definition) is 1. The zero-order valence-electron chi connectivity index (χ0n) is 14.4. The lowest BCUT2D eigenvalue weighted by molar-refractivity contribution is -0.164. The van der Waals surface area contributed by atoms with Crippen LogP contribution in [0.15, 0.2) is 23.8 Å². The van der Waals surface area contributed by atoms with Gasteiger partial charge in [-0.1, -0.05) is 44.6 Å². The largest absolute Gasteiger partial charge is 0.481 e. The Bertz CT molecular complexity index is 530. The molecule has 122 valence electrons. The zero-order chi connectivity index (χ0) is 16.1. The van der Waals surface area contributed by atoms with E-state index in [0.29, 0.717) is 23.7 Å². The van der Waals surface area contributed by atoms with Crippen molar-refractivity contribution in [1.29, 1.82) is 0 Å². The molecule has 0 heterocycles. The highest BCUT2D eigenvalue weighted by Crippen LogP contribution is 2.65. The monoisotopic (exact) mass is 302 g/mol. The van der Waals surface area contributed by atoms with Crippen molar-refractivity contribution >= 4 is 5.97 Å². The summed E-state index contributed by atoms with van der Waals surface area (Å²) in [4.78, 5) is 12.4. The summed E-state index contributed by atoms with van der Waals surface area (Å²) < 4.78 is 0. The van der Waals surface area contributed by atoms with Crippen LogP contribution in [0, 0.1) is 34.5 Å². The summed E-state index contributed by atoms with van der Waals surface area (Å²) in [5, 5.41) is 10.2. The zero-order valence-corrected chi connectivity index (χ0v) is 14.4. The van der Waals surface area contributed by atoms with Crippen LogP contribution >= 0.6 is 0 Å². The molecule has 1 N–H and O–H groups in total. The highest BCUT2D eigenvalue weighted by atomic mass is 16.4. The molecule has 3 aliphatic carbocycles. The third-order valence-electron chi connectivity index (χ3n) is 7.12. The molecule has 2 heteroatoms. The van der Waals surface area contributed by atoms with Crippen molar-refractivity contribution in [3.05, 3.63) is 23.8 Å². The van der Waals surface area contributed by atoms with Crippen molar-refractivity contribution in [2.75, 3.05) is 0 Å². The van der Waals surface area contributed by atoms with Crippen molar-refractivity contribution in [2.45, 2.75) is 59.8 Å². The van der Waals surface area contributed by atoms with Crippen LogP contribution < -0.4 is 0 Å². The molecular weight excluding hydrogens is 272 g/mol. The number of rotatable bonds is 2. The van der Waals surface area contributed by atoms with Gasteiger partial charge in [-0.2, -0.15) is 0 Å². The lowest BCUT2D eigenvalue weighted by Crippen LogP contribution is -2.52. The molecule has 2 nitrogen and oxygen atoms in total. The molecule has 0 aliphatic heterocycles. The lowest BCUT2D eigenvalue weighted by atomic mass is 9.50. The minimum atomic E-state index is -0.530. The number of aliphatic carboxylic acids is 1. The van der Waals surface area contributed by atoms with Gasteiger partial charge in [0.1, 0.15) is 0 Å². The third-order valence-corrected chi connectivity index (χ3v) is 7.12. The summed E-state index contributed by atoms with van der Waals surface area (Å²) >= 11 is 0. The quantitative estimate of drug-likeness (QED) is 0.774. The number of fused-ring (bicyclic) bond motifs is 3. The Balaban J connectivity index is 2.04. The van der Waals surface area contributed by atoms with Crippen LogP contribution in [0.5, 0.6) is 0 Å². The summed E-state index contributed by atoms with van der Waals surface area (Å²) in [5.41, 5.74) is 1.08. The van der Waals surface area contributed by atoms with E-state index in [1.807, 2.05) is 0 Å². The Morgan fingerprint density at radius 1 is 1.32 bits per heavy atom. The first-order chi connectivity index (χ1) is 10.3. The number of allylic oxidation sites excluding steroid dienone is 4. The molecule has 0 spiro atoms. The van der Waals surface area contributed by atoms with Gasteiger partial charge in [0, 0.05) is 0 Å². The van der Waals surface area contributed by atoms with Crippen LogP contribution in [0.25, 0.3) is 0 Å². The summed E-state index contributed by atoms with van der Waals surface area (Å²) in [6, 6.07) is 0. The van der Waals surface area contributed by atoms with Gasteiger partial charge in [0.05, 0.1) is 5.41 Å². The smallest absolute Gasteiger partial charge is 0.310 e. The van der Waals surface area contributed by atoms with Gasteiger partial charge in [0.2, 0.25) is 0 Å². The lowest BCUT2D eigenvalue weighted by Gasteiger charge is -2.52. The van der Waals surface area contributed by atoms with E-state index in [4.69, 9.17) is 0 Å². The van der Waals surface area contributed by atoms with Gasteiger partial charge in [0.15, 0.2) is 0 Å². The van der Waals surface area contributed by atoms with E-state index in [1.165, 1.54) is 5.57 Å². The molecule has 22 heavy (non-hydrogen) atoms. The molecule has 5 atom stereocenters. The molecule has 0 aromatic heterocycles. The maximum absolute atomic E-state index is 12.4. The van der Waals surface area contributed by atoms with Crippen LogP contribution in [0.3, 0.4) is 0 Å². The van der Waals surface area contributed by atoms with Crippen LogP contribution in [0.4, 0.5) is 0 Å². The number of hydrogen-bond acceptors (Lipinski definition) is 1. The minimum Gasteiger partial charge on any atom is -0.481 e. The van der Waals surface area contributed by atoms with E-state index in [9.17, 15) is 9.90 Å². The van der Waals surface area contributed by atoms with E-state index >= 15 is 0 Å². The molecular formula is C20H30O2. The molecule has 0 saturated heterocycles. The average Bonchev–Trinajstić information content (AvgIpc) is 2.78.